The maximum absolute atomic E-state index is 15.7. The molecular weight excluding hydrogens is 654 g/mol. The number of benzene rings is 1. The first-order valence-electron chi connectivity index (χ1n) is 15.7. The van der Waals surface area contributed by atoms with Gasteiger partial charge >= 0.3 is 6.18 Å². The predicted molar refractivity (Wildman–Crippen MR) is 172 cm³/mol. The van der Waals surface area contributed by atoms with Crippen molar-refractivity contribution in [3.8, 4) is 16.6 Å². The van der Waals surface area contributed by atoms with Crippen LogP contribution in [0.15, 0.2) is 33.9 Å². The molecule has 1 aliphatic heterocycles. The summed E-state index contributed by atoms with van der Waals surface area (Å²) >= 11 is 1.07. The third-order valence-electron chi connectivity index (χ3n) is 8.74. The van der Waals surface area contributed by atoms with Crippen molar-refractivity contribution in [3.05, 3.63) is 41.4 Å². The fraction of sp³-hybridized carbons (Fsp3) is 0.531. The number of methoxy groups -OCH3 is 1. The van der Waals surface area contributed by atoms with Gasteiger partial charge in [-0.3, -0.25) is 14.5 Å². The summed E-state index contributed by atoms with van der Waals surface area (Å²) < 4.78 is 69.8. The standard InChI is InChI=1S/C32H37F4N7O4S/c1-5-16-9-23(25(33)22-10-17(16)12-37-22)39-21-8-6-7-18-19(11-32(34,35)36)27(48-26(18)21)28-40-24(47-42-28)13-38-29(44)20-14-43(15-31(2,3)45)41-30(20)46-4/h6-8,14,16-17,23,25,39,45H,5,9-13,15H2,1-4H3,(H,38,44)/t16-,17?,23-,25+/m1/s1. The normalized spacial score (nSPS) is 21.3. The van der Waals surface area contributed by atoms with E-state index >= 15 is 4.39 Å². The molecule has 1 aromatic carbocycles. The molecule has 1 amide bonds. The van der Waals surface area contributed by atoms with Crippen LogP contribution in [-0.4, -0.2) is 74.3 Å². The Bertz CT molecular complexity index is 1830. The van der Waals surface area contributed by atoms with Crippen LogP contribution in [0.25, 0.3) is 20.8 Å². The predicted octanol–water partition coefficient (Wildman–Crippen LogP) is 5.97. The second-order valence-electron chi connectivity index (χ2n) is 13.0. The second-order valence-corrected chi connectivity index (χ2v) is 14.0. The molecule has 1 fully saturated rings. The third kappa shape index (κ3) is 7.18. The monoisotopic (exact) mass is 691 g/mol. The smallest absolute Gasteiger partial charge is 0.393 e. The number of hydrogen-bond donors (Lipinski definition) is 3. The van der Waals surface area contributed by atoms with E-state index in [2.05, 4.69) is 37.8 Å². The SMILES string of the molecule is CC[C@@H]1C[C@@H](Nc2cccc3c(CC(F)(F)F)c(-c4noc(CNC(=O)c5cn(CC(C)(C)O)nc5OC)n4)sc23)[C@@H](F)C2=NCC1C2. The summed E-state index contributed by atoms with van der Waals surface area (Å²) in [6.45, 7) is 5.81. The number of alkyl halides is 4. The molecule has 6 rings (SSSR count). The van der Waals surface area contributed by atoms with Crippen LogP contribution < -0.4 is 15.4 Å². The molecule has 3 N–H and O–H groups in total. The van der Waals surface area contributed by atoms with Crippen LogP contribution in [0.3, 0.4) is 0 Å². The fourth-order valence-corrected chi connectivity index (χ4v) is 7.77. The number of aliphatic imine (C=N–C) groups is 1. The van der Waals surface area contributed by atoms with Crippen molar-refractivity contribution in [2.24, 2.45) is 16.8 Å². The number of carbonyl (C=O) groups excluding carboxylic acids is 1. The quantitative estimate of drug-likeness (QED) is 0.164. The van der Waals surface area contributed by atoms with Crippen molar-refractivity contribution >= 4 is 38.7 Å². The summed E-state index contributed by atoms with van der Waals surface area (Å²) in [4.78, 5) is 21.9. The summed E-state index contributed by atoms with van der Waals surface area (Å²) in [5, 5.41) is 24.5. The lowest BCUT2D eigenvalue weighted by atomic mass is 9.86. The van der Waals surface area contributed by atoms with Crippen molar-refractivity contribution < 1.29 is 36.7 Å². The fourth-order valence-electron chi connectivity index (χ4n) is 6.55. The lowest BCUT2D eigenvalue weighted by Gasteiger charge is -2.27. The van der Waals surface area contributed by atoms with Gasteiger partial charge in [0, 0.05) is 18.5 Å². The van der Waals surface area contributed by atoms with Gasteiger partial charge in [-0.1, -0.05) is 30.6 Å². The first-order chi connectivity index (χ1) is 22.7. The number of hydrogen-bond acceptors (Lipinski definition) is 10. The number of aliphatic hydroxyl groups is 1. The van der Waals surface area contributed by atoms with E-state index < -0.39 is 36.3 Å². The molecule has 4 atom stereocenters. The van der Waals surface area contributed by atoms with Crippen molar-refractivity contribution in [2.45, 2.75) is 83.5 Å². The highest BCUT2D eigenvalue weighted by Crippen LogP contribution is 2.44. The molecule has 1 saturated carbocycles. The maximum Gasteiger partial charge on any atom is 0.393 e. The van der Waals surface area contributed by atoms with E-state index in [4.69, 9.17) is 9.26 Å². The minimum absolute atomic E-state index is 0.0148. The van der Waals surface area contributed by atoms with E-state index in [1.807, 2.05) is 0 Å². The number of amides is 1. The van der Waals surface area contributed by atoms with Crippen molar-refractivity contribution in [3.63, 3.8) is 0 Å². The number of thiophene rings is 1. The van der Waals surface area contributed by atoms with E-state index in [-0.39, 0.29) is 52.6 Å². The van der Waals surface area contributed by atoms with Crippen LogP contribution in [0, 0.1) is 11.8 Å². The lowest BCUT2D eigenvalue weighted by molar-refractivity contribution is -0.126. The van der Waals surface area contributed by atoms with Gasteiger partial charge < -0.3 is 25.0 Å². The van der Waals surface area contributed by atoms with Gasteiger partial charge in [0.15, 0.2) is 6.17 Å². The minimum atomic E-state index is -4.53. The van der Waals surface area contributed by atoms with Crippen LogP contribution in [0.1, 0.15) is 61.8 Å². The lowest BCUT2D eigenvalue weighted by Crippen LogP contribution is -2.36. The molecule has 4 aromatic rings. The molecule has 258 valence electrons. The number of fused-ring (bicyclic) bond motifs is 3. The first-order valence-corrected chi connectivity index (χ1v) is 16.5. The Kier molecular flexibility index (Phi) is 9.24. The third-order valence-corrected chi connectivity index (χ3v) is 10.0. The molecule has 2 bridgehead atoms. The number of nitrogens with one attached hydrogen (secondary N) is 2. The van der Waals surface area contributed by atoms with Gasteiger partial charge in [-0.15, -0.1) is 16.4 Å². The molecule has 0 radical (unpaired) electrons. The Morgan fingerprint density at radius 1 is 1.27 bits per heavy atom. The van der Waals surface area contributed by atoms with Crippen molar-refractivity contribution in [1.82, 2.24) is 25.2 Å². The minimum Gasteiger partial charge on any atom is -0.479 e. The highest BCUT2D eigenvalue weighted by atomic mass is 32.1. The molecular formula is C32H37F4N7O4S. The van der Waals surface area contributed by atoms with E-state index in [1.165, 1.54) is 18.0 Å². The first kappa shape index (κ1) is 33.8. The van der Waals surface area contributed by atoms with Crippen LogP contribution in [-0.2, 0) is 19.5 Å². The topological polar surface area (TPSA) is 140 Å². The maximum atomic E-state index is 15.7. The molecule has 0 spiro atoms. The van der Waals surface area contributed by atoms with E-state index in [1.54, 1.807) is 32.0 Å². The highest BCUT2D eigenvalue weighted by molar-refractivity contribution is 7.23. The average molecular weight is 692 g/mol. The molecule has 0 saturated heterocycles. The summed E-state index contributed by atoms with van der Waals surface area (Å²) in [6.07, 6.45) is -3.50. The second kappa shape index (κ2) is 13.1. The molecule has 3 aromatic heterocycles. The zero-order chi connectivity index (χ0) is 34.4. The Balaban J connectivity index is 1.26. The Morgan fingerprint density at radius 3 is 2.77 bits per heavy atom. The average Bonchev–Trinajstić information content (AvgIpc) is 3.81. The molecule has 1 unspecified atom stereocenters. The van der Waals surface area contributed by atoms with Crippen molar-refractivity contribution in [2.75, 3.05) is 19.0 Å². The molecule has 2 aliphatic rings. The highest BCUT2D eigenvalue weighted by Gasteiger charge is 2.40. The van der Waals surface area contributed by atoms with Crippen molar-refractivity contribution in [1.29, 1.82) is 0 Å². The number of ether oxygens (including phenoxy) is 1. The summed E-state index contributed by atoms with van der Waals surface area (Å²) in [7, 11) is 1.36. The number of nitrogens with zero attached hydrogens (tertiary/aromatic N) is 5. The van der Waals surface area contributed by atoms with Crippen LogP contribution in [0.5, 0.6) is 5.88 Å². The number of rotatable bonds is 11. The molecule has 16 heteroatoms. The van der Waals surface area contributed by atoms with E-state index in [0.717, 1.165) is 17.8 Å². The number of aromatic nitrogens is 4. The molecule has 11 nitrogen and oxygen atoms in total. The molecule has 1 aliphatic carbocycles. The Morgan fingerprint density at radius 2 is 2.06 bits per heavy atom. The van der Waals surface area contributed by atoms with Crippen LogP contribution >= 0.6 is 11.3 Å². The largest absolute Gasteiger partial charge is 0.479 e. The van der Waals surface area contributed by atoms with Gasteiger partial charge in [0.2, 0.25) is 17.6 Å². The Labute approximate surface area is 277 Å². The van der Waals surface area contributed by atoms with Gasteiger partial charge in [-0.2, -0.15) is 18.2 Å². The zero-order valence-electron chi connectivity index (χ0n) is 26.9. The van der Waals surface area contributed by atoms with Gasteiger partial charge in [0.05, 0.1) is 53.5 Å². The van der Waals surface area contributed by atoms with Crippen LogP contribution in [0.4, 0.5) is 23.2 Å². The molecule has 48 heavy (non-hydrogen) atoms. The van der Waals surface area contributed by atoms with Crippen LogP contribution in [0.2, 0.25) is 0 Å². The summed E-state index contributed by atoms with van der Waals surface area (Å²) in [5.41, 5.74) is 0.0881. The van der Waals surface area contributed by atoms with Gasteiger partial charge in [-0.05, 0) is 55.5 Å². The van der Waals surface area contributed by atoms with E-state index in [0.29, 0.717) is 46.8 Å². The molecule has 4 heterocycles. The van der Waals surface area contributed by atoms with Gasteiger partial charge in [0.25, 0.3) is 5.91 Å². The van der Waals surface area contributed by atoms with Gasteiger partial charge in [-0.25, -0.2) is 4.39 Å². The van der Waals surface area contributed by atoms with E-state index in [9.17, 15) is 23.1 Å². The number of carbonyl (C=O) groups is 1. The summed E-state index contributed by atoms with van der Waals surface area (Å²) in [5.74, 6) is -0.0205. The number of anilines is 1. The summed E-state index contributed by atoms with van der Waals surface area (Å²) in [6, 6.07) is 4.44. The Hall–Kier alpha value is -4.05. The van der Waals surface area contributed by atoms with Gasteiger partial charge in [0.1, 0.15) is 5.56 Å². The number of halogens is 4. The zero-order valence-corrected chi connectivity index (χ0v) is 27.7.